The molecule has 1 fully saturated rings. The average Bonchev–Trinajstić information content (AvgIpc) is 3.04. The van der Waals surface area contributed by atoms with Crippen LogP contribution in [0.25, 0.3) is 0 Å². The van der Waals surface area contributed by atoms with E-state index in [1.807, 2.05) is 32.0 Å². The van der Waals surface area contributed by atoms with E-state index in [1.165, 1.54) is 6.07 Å². The number of carbonyl (C=O) groups excluding carboxylic acids is 2. The van der Waals surface area contributed by atoms with Crippen molar-refractivity contribution in [2.75, 3.05) is 11.4 Å². The lowest BCUT2D eigenvalue weighted by atomic mass is 10.1. The van der Waals surface area contributed by atoms with Crippen molar-refractivity contribution < 1.29 is 23.1 Å². The molecule has 1 heterocycles. The number of amides is 2. The molecule has 1 unspecified atom stereocenters. The van der Waals surface area contributed by atoms with E-state index in [4.69, 9.17) is 0 Å². The Balaban J connectivity index is 1.65. The number of benzene rings is 2. The number of rotatable bonds is 6. The minimum Gasteiger partial charge on any atom is -0.434 e. The van der Waals surface area contributed by atoms with Gasteiger partial charge in [0.05, 0.1) is 5.92 Å². The second-order valence-corrected chi connectivity index (χ2v) is 6.83. The molecule has 0 radical (unpaired) electrons. The largest absolute Gasteiger partial charge is 0.434 e. The average molecular weight is 388 g/mol. The quantitative estimate of drug-likeness (QED) is 0.823. The van der Waals surface area contributed by atoms with E-state index < -0.39 is 12.5 Å². The van der Waals surface area contributed by atoms with Crippen LogP contribution in [0.1, 0.15) is 23.1 Å². The van der Waals surface area contributed by atoms with Gasteiger partial charge in [-0.3, -0.25) is 9.59 Å². The topological polar surface area (TPSA) is 58.6 Å². The third kappa shape index (κ3) is 4.30. The Morgan fingerprint density at radius 3 is 2.71 bits per heavy atom. The van der Waals surface area contributed by atoms with E-state index in [2.05, 4.69) is 10.1 Å². The second kappa shape index (κ2) is 8.37. The maximum atomic E-state index is 12.5. The minimum atomic E-state index is -2.93. The predicted octanol–water partition coefficient (Wildman–Crippen LogP) is 3.57. The zero-order chi connectivity index (χ0) is 20.3. The van der Waals surface area contributed by atoms with Gasteiger partial charge in [-0.05, 0) is 37.1 Å². The summed E-state index contributed by atoms with van der Waals surface area (Å²) in [6.45, 7) is 1.34. The number of para-hydroxylation sites is 1. The molecule has 1 aliphatic rings. The molecule has 1 atom stereocenters. The van der Waals surface area contributed by atoms with Crippen LogP contribution in [0, 0.1) is 19.8 Å². The summed E-state index contributed by atoms with van der Waals surface area (Å²) in [5.74, 6) is -0.851. The van der Waals surface area contributed by atoms with Gasteiger partial charge in [-0.15, -0.1) is 0 Å². The van der Waals surface area contributed by atoms with Gasteiger partial charge in [0, 0.05) is 30.8 Å². The molecule has 0 saturated carbocycles. The van der Waals surface area contributed by atoms with Crippen LogP contribution in [0.15, 0.2) is 42.5 Å². The number of ether oxygens (including phenoxy) is 1. The summed E-state index contributed by atoms with van der Waals surface area (Å²) >= 11 is 0. The van der Waals surface area contributed by atoms with Crippen LogP contribution in [0.2, 0.25) is 0 Å². The standard InChI is InChI=1S/C21H22F2N2O3/c1-13-6-5-8-17(14(13)2)25-12-16(10-19(25)26)20(27)24-11-15-7-3-4-9-18(15)28-21(22)23/h3-9,16,21H,10-12H2,1-2H3,(H,24,27). The second-order valence-electron chi connectivity index (χ2n) is 6.83. The molecule has 7 heteroatoms. The summed E-state index contributed by atoms with van der Waals surface area (Å²) in [7, 11) is 0. The Morgan fingerprint density at radius 2 is 1.96 bits per heavy atom. The molecule has 0 aromatic heterocycles. The van der Waals surface area contributed by atoms with Crippen molar-refractivity contribution in [2.45, 2.75) is 33.4 Å². The fourth-order valence-corrected chi connectivity index (χ4v) is 3.33. The summed E-state index contributed by atoms with van der Waals surface area (Å²) in [6.07, 6.45) is 0.119. The number of nitrogens with zero attached hydrogens (tertiary/aromatic N) is 1. The Labute approximate surface area is 162 Å². The van der Waals surface area contributed by atoms with Crippen molar-refractivity contribution in [1.29, 1.82) is 0 Å². The molecule has 2 aromatic rings. The Kier molecular flexibility index (Phi) is 5.92. The van der Waals surface area contributed by atoms with Crippen molar-refractivity contribution >= 4 is 17.5 Å². The van der Waals surface area contributed by atoms with E-state index >= 15 is 0 Å². The number of alkyl halides is 2. The molecule has 0 aliphatic carbocycles. The first kappa shape index (κ1) is 19.8. The molecule has 1 saturated heterocycles. The smallest absolute Gasteiger partial charge is 0.387 e. The predicted molar refractivity (Wildman–Crippen MR) is 101 cm³/mol. The highest BCUT2D eigenvalue weighted by Crippen LogP contribution is 2.29. The fourth-order valence-electron chi connectivity index (χ4n) is 3.33. The Morgan fingerprint density at radius 1 is 1.21 bits per heavy atom. The van der Waals surface area contributed by atoms with Gasteiger partial charge in [-0.2, -0.15) is 8.78 Å². The number of aryl methyl sites for hydroxylation is 1. The van der Waals surface area contributed by atoms with Crippen molar-refractivity contribution in [3.8, 4) is 5.75 Å². The van der Waals surface area contributed by atoms with E-state index in [9.17, 15) is 18.4 Å². The van der Waals surface area contributed by atoms with E-state index in [0.29, 0.717) is 12.1 Å². The molecule has 148 valence electrons. The minimum absolute atomic E-state index is 0.0253. The van der Waals surface area contributed by atoms with Crippen LogP contribution < -0.4 is 15.0 Å². The maximum absolute atomic E-state index is 12.5. The third-order valence-electron chi connectivity index (χ3n) is 5.00. The maximum Gasteiger partial charge on any atom is 0.387 e. The van der Waals surface area contributed by atoms with Gasteiger partial charge in [0.2, 0.25) is 11.8 Å². The number of nitrogens with one attached hydrogen (secondary N) is 1. The van der Waals surface area contributed by atoms with E-state index in [-0.39, 0.29) is 30.5 Å². The molecule has 0 spiro atoms. The fraction of sp³-hybridized carbons (Fsp3) is 0.333. The van der Waals surface area contributed by atoms with Gasteiger partial charge in [-0.25, -0.2) is 0 Å². The third-order valence-corrected chi connectivity index (χ3v) is 5.00. The van der Waals surface area contributed by atoms with E-state index in [1.54, 1.807) is 23.1 Å². The van der Waals surface area contributed by atoms with Crippen molar-refractivity contribution in [3.63, 3.8) is 0 Å². The van der Waals surface area contributed by atoms with Crippen LogP contribution in [0.3, 0.4) is 0 Å². The molecular formula is C21H22F2N2O3. The lowest BCUT2D eigenvalue weighted by molar-refractivity contribution is -0.126. The molecule has 3 rings (SSSR count). The molecule has 2 aromatic carbocycles. The molecule has 5 nitrogen and oxygen atoms in total. The molecular weight excluding hydrogens is 366 g/mol. The van der Waals surface area contributed by atoms with Crippen molar-refractivity contribution in [2.24, 2.45) is 5.92 Å². The number of hydrogen-bond acceptors (Lipinski definition) is 3. The molecule has 1 aliphatic heterocycles. The van der Waals surface area contributed by atoms with E-state index in [0.717, 1.165) is 16.8 Å². The zero-order valence-electron chi connectivity index (χ0n) is 15.7. The highest BCUT2D eigenvalue weighted by molar-refractivity contribution is 6.00. The summed E-state index contributed by atoms with van der Waals surface area (Å²) in [5.41, 5.74) is 3.35. The molecule has 1 N–H and O–H groups in total. The highest BCUT2D eigenvalue weighted by atomic mass is 19.3. The van der Waals surface area contributed by atoms with Gasteiger partial charge in [0.15, 0.2) is 0 Å². The number of anilines is 1. The van der Waals surface area contributed by atoms with Gasteiger partial charge in [-0.1, -0.05) is 30.3 Å². The number of halogens is 2. The van der Waals surface area contributed by atoms with Crippen molar-refractivity contribution in [1.82, 2.24) is 5.32 Å². The Hall–Kier alpha value is -2.96. The van der Waals surface area contributed by atoms with Gasteiger partial charge in [0.1, 0.15) is 5.75 Å². The molecule has 28 heavy (non-hydrogen) atoms. The Bertz CT molecular complexity index is 886. The summed E-state index contributed by atoms with van der Waals surface area (Å²) in [6, 6.07) is 12.0. The number of hydrogen-bond donors (Lipinski definition) is 1. The van der Waals surface area contributed by atoms with Gasteiger partial charge >= 0.3 is 6.61 Å². The summed E-state index contributed by atoms with van der Waals surface area (Å²) in [5, 5.41) is 2.73. The van der Waals surface area contributed by atoms with Gasteiger partial charge in [0.25, 0.3) is 0 Å². The summed E-state index contributed by atoms with van der Waals surface area (Å²) in [4.78, 5) is 26.6. The lowest BCUT2D eigenvalue weighted by Gasteiger charge is -2.20. The highest BCUT2D eigenvalue weighted by Gasteiger charge is 2.35. The van der Waals surface area contributed by atoms with Crippen LogP contribution >= 0.6 is 0 Å². The first-order chi connectivity index (χ1) is 13.4. The molecule has 0 bridgehead atoms. The lowest BCUT2D eigenvalue weighted by Crippen LogP contribution is -2.33. The summed E-state index contributed by atoms with van der Waals surface area (Å²) < 4.78 is 29.5. The van der Waals surface area contributed by atoms with Crippen LogP contribution in [-0.4, -0.2) is 25.0 Å². The normalized spacial score (nSPS) is 16.5. The van der Waals surface area contributed by atoms with Crippen LogP contribution in [0.4, 0.5) is 14.5 Å². The number of carbonyl (C=O) groups is 2. The zero-order valence-corrected chi connectivity index (χ0v) is 15.7. The first-order valence-corrected chi connectivity index (χ1v) is 9.04. The van der Waals surface area contributed by atoms with Crippen LogP contribution in [-0.2, 0) is 16.1 Å². The van der Waals surface area contributed by atoms with Crippen LogP contribution in [0.5, 0.6) is 5.75 Å². The SMILES string of the molecule is Cc1cccc(N2CC(C(=O)NCc3ccccc3OC(F)F)CC2=O)c1C. The van der Waals surface area contributed by atoms with Crippen molar-refractivity contribution in [3.05, 3.63) is 59.2 Å². The molecule has 2 amide bonds. The van der Waals surface area contributed by atoms with Gasteiger partial charge < -0.3 is 15.0 Å². The first-order valence-electron chi connectivity index (χ1n) is 9.04. The monoisotopic (exact) mass is 388 g/mol.